The van der Waals surface area contributed by atoms with Crippen molar-refractivity contribution in [2.75, 3.05) is 11.8 Å². The smallest absolute Gasteiger partial charge is 0.264 e. The van der Waals surface area contributed by atoms with Gasteiger partial charge < -0.3 is 0 Å². The fourth-order valence-corrected chi connectivity index (χ4v) is 6.55. The summed E-state index contributed by atoms with van der Waals surface area (Å²) in [4.78, 5) is 2.09. The molecule has 0 aliphatic heterocycles. The molecule has 1 heterocycles. The van der Waals surface area contributed by atoms with Crippen molar-refractivity contribution in [1.82, 2.24) is 14.7 Å². The molecule has 0 aliphatic rings. The molecule has 0 unspecified atom stereocenters. The van der Waals surface area contributed by atoms with Gasteiger partial charge in [0.25, 0.3) is 10.0 Å². The molecule has 0 saturated carbocycles. The van der Waals surface area contributed by atoms with Crippen molar-refractivity contribution in [3.63, 3.8) is 0 Å². The predicted molar refractivity (Wildman–Crippen MR) is 147 cm³/mol. The van der Waals surface area contributed by atoms with Crippen LogP contribution in [0.15, 0.2) is 71.6 Å². The fourth-order valence-electron chi connectivity index (χ4n) is 4.16. The number of anilines is 1. The number of halogens is 2. The molecule has 0 fully saturated rings. The summed E-state index contributed by atoms with van der Waals surface area (Å²) < 4.78 is 30.5. The summed E-state index contributed by atoms with van der Waals surface area (Å²) in [7, 11) is -0.187. The molecule has 9 heteroatoms. The number of benzene rings is 3. The Labute approximate surface area is 222 Å². The van der Waals surface area contributed by atoms with E-state index in [1.165, 1.54) is 11.1 Å². The van der Waals surface area contributed by atoms with Crippen LogP contribution in [0.2, 0.25) is 10.0 Å². The SMILES string of the molecule is Cc1nn(C)c(C)c1NS(=O)(=O)c1c(Cl)cc(-c2ccc(CN(C)Cc3ccccc3)cc2)cc1Cl. The highest BCUT2D eigenvalue weighted by molar-refractivity contribution is 7.93. The highest BCUT2D eigenvalue weighted by Crippen LogP contribution is 2.36. The van der Waals surface area contributed by atoms with Gasteiger partial charge in [-0.25, -0.2) is 8.42 Å². The number of sulfonamides is 1. The average Bonchev–Trinajstić information content (AvgIpc) is 3.05. The minimum atomic E-state index is -4.02. The van der Waals surface area contributed by atoms with Gasteiger partial charge in [-0.1, -0.05) is 77.8 Å². The van der Waals surface area contributed by atoms with Crippen molar-refractivity contribution < 1.29 is 8.42 Å². The zero-order valence-corrected chi connectivity index (χ0v) is 22.9. The number of aromatic nitrogens is 2. The average molecular weight is 544 g/mol. The minimum Gasteiger partial charge on any atom is -0.298 e. The molecule has 0 atom stereocenters. The number of aryl methyl sites for hydroxylation is 2. The fraction of sp³-hybridized carbons (Fsp3) is 0.222. The van der Waals surface area contributed by atoms with Crippen LogP contribution in [-0.4, -0.2) is 30.1 Å². The third kappa shape index (κ3) is 5.76. The van der Waals surface area contributed by atoms with E-state index >= 15 is 0 Å². The Morgan fingerprint density at radius 2 is 1.44 bits per heavy atom. The summed E-state index contributed by atoms with van der Waals surface area (Å²) in [6.45, 7) is 5.18. The highest BCUT2D eigenvalue weighted by Gasteiger charge is 2.25. The lowest BCUT2D eigenvalue weighted by Crippen LogP contribution is -2.17. The van der Waals surface area contributed by atoms with Crippen molar-refractivity contribution in [3.05, 3.63) is 99.3 Å². The number of rotatable bonds is 8. The Morgan fingerprint density at radius 3 is 1.97 bits per heavy atom. The first-order valence-corrected chi connectivity index (χ1v) is 13.6. The van der Waals surface area contributed by atoms with E-state index in [4.69, 9.17) is 23.2 Å². The molecule has 4 rings (SSSR count). The van der Waals surface area contributed by atoms with Crippen LogP contribution in [0.5, 0.6) is 0 Å². The lowest BCUT2D eigenvalue weighted by Gasteiger charge is -2.17. The van der Waals surface area contributed by atoms with Crippen molar-refractivity contribution in [3.8, 4) is 11.1 Å². The molecule has 0 amide bonds. The quantitative estimate of drug-likeness (QED) is 0.278. The van der Waals surface area contributed by atoms with E-state index in [1.807, 2.05) is 30.3 Å². The minimum absolute atomic E-state index is 0.0517. The van der Waals surface area contributed by atoms with E-state index in [0.717, 1.165) is 24.2 Å². The van der Waals surface area contributed by atoms with Crippen LogP contribution in [0, 0.1) is 13.8 Å². The lowest BCUT2D eigenvalue weighted by atomic mass is 10.0. The Morgan fingerprint density at radius 1 is 0.889 bits per heavy atom. The molecule has 4 aromatic rings. The molecule has 1 aromatic heterocycles. The van der Waals surface area contributed by atoms with Crippen LogP contribution in [0.1, 0.15) is 22.5 Å². The first-order chi connectivity index (χ1) is 17.0. The maximum atomic E-state index is 13.2. The van der Waals surface area contributed by atoms with Gasteiger partial charge in [0.05, 0.1) is 27.1 Å². The van der Waals surface area contributed by atoms with Gasteiger partial charge in [-0.05, 0) is 55.3 Å². The molecule has 0 radical (unpaired) electrons. The number of hydrogen-bond donors (Lipinski definition) is 1. The van der Waals surface area contributed by atoms with Crippen molar-refractivity contribution in [1.29, 1.82) is 0 Å². The van der Waals surface area contributed by atoms with E-state index in [1.54, 1.807) is 37.7 Å². The van der Waals surface area contributed by atoms with Crippen molar-refractivity contribution in [2.45, 2.75) is 31.8 Å². The van der Waals surface area contributed by atoms with Crippen molar-refractivity contribution in [2.24, 2.45) is 7.05 Å². The van der Waals surface area contributed by atoms with Crippen LogP contribution in [0.3, 0.4) is 0 Å². The van der Waals surface area contributed by atoms with Gasteiger partial charge in [0.1, 0.15) is 4.90 Å². The standard InChI is InChI=1S/C27H28Cl2N4O2S/c1-18-26(19(2)33(4)30-18)31-36(34,35)27-24(28)14-23(15-25(27)29)22-12-10-21(11-13-22)17-32(3)16-20-8-6-5-7-9-20/h5-15,31H,16-17H2,1-4H3. The molecule has 0 bridgehead atoms. The van der Waals surface area contributed by atoms with Crippen LogP contribution < -0.4 is 4.72 Å². The van der Waals surface area contributed by atoms with E-state index < -0.39 is 10.0 Å². The highest BCUT2D eigenvalue weighted by atomic mass is 35.5. The monoisotopic (exact) mass is 542 g/mol. The molecule has 6 nitrogen and oxygen atoms in total. The molecule has 188 valence electrons. The maximum absolute atomic E-state index is 13.2. The van der Waals surface area contributed by atoms with Gasteiger partial charge in [-0.15, -0.1) is 0 Å². The Hall–Kier alpha value is -2.84. The zero-order chi connectivity index (χ0) is 26.0. The number of hydrogen-bond acceptors (Lipinski definition) is 4. The number of nitrogens with zero attached hydrogens (tertiary/aromatic N) is 3. The van der Waals surface area contributed by atoms with Crippen LogP contribution >= 0.6 is 23.2 Å². The van der Waals surface area contributed by atoms with Crippen LogP contribution in [0.25, 0.3) is 11.1 Å². The summed E-state index contributed by atoms with van der Waals surface area (Å²) in [6, 6.07) is 21.7. The molecule has 3 aromatic carbocycles. The molecule has 36 heavy (non-hydrogen) atoms. The van der Waals surface area contributed by atoms with Gasteiger partial charge in [-0.3, -0.25) is 14.3 Å². The largest absolute Gasteiger partial charge is 0.298 e. The normalized spacial score (nSPS) is 11.8. The summed E-state index contributed by atoms with van der Waals surface area (Å²) in [5.41, 5.74) is 5.73. The van der Waals surface area contributed by atoms with Crippen LogP contribution in [0.4, 0.5) is 5.69 Å². The van der Waals surface area contributed by atoms with E-state index in [-0.39, 0.29) is 14.9 Å². The Balaban J connectivity index is 1.53. The summed E-state index contributed by atoms with van der Waals surface area (Å²) in [5, 5.41) is 4.36. The summed E-state index contributed by atoms with van der Waals surface area (Å²) in [6.07, 6.45) is 0. The van der Waals surface area contributed by atoms with Gasteiger partial charge in [0.2, 0.25) is 0 Å². The molecule has 0 spiro atoms. The molecular formula is C27H28Cl2N4O2S. The summed E-state index contributed by atoms with van der Waals surface area (Å²) in [5.74, 6) is 0. The molecule has 0 saturated heterocycles. The second kappa shape index (κ2) is 10.6. The third-order valence-corrected chi connectivity index (χ3v) is 8.32. The van der Waals surface area contributed by atoms with Gasteiger partial charge in [0.15, 0.2) is 0 Å². The van der Waals surface area contributed by atoms with E-state index in [2.05, 4.69) is 46.0 Å². The Kier molecular flexibility index (Phi) is 7.76. The molecular weight excluding hydrogens is 515 g/mol. The third-order valence-electron chi connectivity index (χ3n) is 6.05. The Bertz CT molecular complexity index is 1460. The first kappa shape index (κ1) is 26.2. The van der Waals surface area contributed by atoms with Gasteiger partial charge in [-0.2, -0.15) is 5.10 Å². The molecule has 0 aliphatic carbocycles. The maximum Gasteiger partial charge on any atom is 0.264 e. The van der Waals surface area contributed by atoms with Gasteiger partial charge >= 0.3 is 0 Å². The van der Waals surface area contributed by atoms with E-state index in [9.17, 15) is 8.42 Å². The first-order valence-electron chi connectivity index (χ1n) is 11.4. The topological polar surface area (TPSA) is 67.2 Å². The van der Waals surface area contributed by atoms with Crippen LogP contribution in [-0.2, 0) is 30.2 Å². The zero-order valence-electron chi connectivity index (χ0n) is 20.6. The van der Waals surface area contributed by atoms with Crippen molar-refractivity contribution >= 4 is 38.9 Å². The summed E-state index contributed by atoms with van der Waals surface area (Å²) >= 11 is 12.9. The van der Waals surface area contributed by atoms with E-state index in [0.29, 0.717) is 17.1 Å². The van der Waals surface area contributed by atoms with Gasteiger partial charge in [0, 0.05) is 20.1 Å². The molecule has 1 N–H and O–H groups in total. The predicted octanol–water partition coefficient (Wildman–Crippen LogP) is 6.44. The number of nitrogens with one attached hydrogen (secondary N) is 1. The second-order valence-corrected chi connectivity index (χ2v) is 11.3. The lowest BCUT2D eigenvalue weighted by molar-refractivity contribution is 0.319. The second-order valence-electron chi connectivity index (χ2n) is 8.90.